The van der Waals surface area contributed by atoms with Gasteiger partial charge < -0.3 is 4.74 Å². The molecule has 0 aliphatic rings. The molecular weight excluding hydrogens is 284 g/mol. The van der Waals surface area contributed by atoms with E-state index < -0.39 is 0 Å². The third-order valence-electron chi connectivity index (χ3n) is 3.07. The number of carbonyl (C=O) groups excluding carboxylic acids is 2. The summed E-state index contributed by atoms with van der Waals surface area (Å²) in [6.45, 7) is 3.94. The number of thiophene rings is 1. The van der Waals surface area contributed by atoms with Crippen molar-refractivity contribution >= 4 is 29.2 Å². The minimum atomic E-state index is -0.369. The first kappa shape index (κ1) is 15.2. The lowest BCUT2D eigenvalue weighted by molar-refractivity contribution is 0.0600. The maximum absolute atomic E-state index is 12.1. The lowest BCUT2D eigenvalue weighted by Crippen LogP contribution is -2.00. The molecule has 0 bridgehead atoms. The summed E-state index contributed by atoms with van der Waals surface area (Å²) in [5.74, 6) is -0.375. The zero-order chi connectivity index (χ0) is 15.4. The summed E-state index contributed by atoms with van der Waals surface area (Å²) in [6, 6.07) is 8.82. The van der Waals surface area contributed by atoms with Crippen LogP contribution in [0.1, 0.15) is 36.0 Å². The van der Waals surface area contributed by atoms with Crippen LogP contribution in [0.4, 0.5) is 0 Å². The molecule has 108 valence electrons. The van der Waals surface area contributed by atoms with Crippen molar-refractivity contribution in [2.24, 2.45) is 0 Å². The Morgan fingerprint density at radius 3 is 2.33 bits per heavy atom. The highest BCUT2D eigenvalue weighted by Crippen LogP contribution is 2.21. The van der Waals surface area contributed by atoms with Crippen molar-refractivity contribution in [3.05, 3.63) is 62.9 Å². The van der Waals surface area contributed by atoms with Crippen LogP contribution in [0.2, 0.25) is 0 Å². The highest BCUT2D eigenvalue weighted by atomic mass is 32.1. The third-order valence-corrected chi connectivity index (χ3v) is 4.03. The second kappa shape index (κ2) is 6.50. The molecular formula is C17H16O3S. The number of ether oxygens (including phenoxy) is 1. The lowest BCUT2D eigenvalue weighted by atomic mass is 10.1. The molecule has 0 aliphatic heterocycles. The van der Waals surface area contributed by atoms with Crippen LogP contribution in [-0.2, 0) is 4.74 Å². The van der Waals surface area contributed by atoms with Crippen molar-refractivity contribution in [3.63, 3.8) is 0 Å². The molecule has 0 saturated carbocycles. The van der Waals surface area contributed by atoms with Crippen LogP contribution in [0.15, 0.2) is 36.4 Å². The molecule has 1 aromatic carbocycles. The molecule has 0 atom stereocenters. The van der Waals surface area contributed by atoms with Gasteiger partial charge in [0.1, 0.15) is 0 Å². The molecule has 0 N–H and O–H groups in total. The fourth-order valence-corrected chi connectivity index (χ4v) is 2.91. The van der Waals surface area contributed by atoms with Gasteiger partial charge in [-0.2, -0.15) is 0 Å². The number of carbonyl (C=O) groups is 2. The average Bonchev–Trinajstić information content (AvgIpc) is 2.83. The molecule has 0 fully saturated rings. The fourth-order valence-electron chi connectivity index (χ4n) is 1.99. The quantitative estimate of drug-likeness (QED) is 0.486. The van der Waals surface area contributed by atoms with Gasteiger partial charge in [0.25, 0.3) is 0 Å². The number of ketones is 1. The van der Waals surface area contributed by atoms with Crippen LogP contribution in [0.5, 0.6) is 0 Å². The zero-order valence-corrected chi connectivity index (χ0v) is 13.0. The molecule has 3 nitrogen and oxygen atoms in total. The van der Waals surface area contributed by atoms with E-state index in [1.807, 2.05) is 19.9 Å². The first-order valence-electron chi connectivity index (χ1n) is 6.49. The molecule has 1 heterocycles. The van der Waals surface area contributed by atoms with Crippen molar-refractivity contribution in [2.75, 3.05) is 7.11 Å². The van der Waals surface area contributed by atoms with Crippen molar-refractivity contribution in [3.8, 4) is 0 Å². The lowest BCUT2D eigenvalue weighted by Gasteiger charge is -1.99. The van der Waals surface area contributed by atoms with Crippen molar-refractivity contribution in [1.29, 1.82) is 0 Å². The standard InChI is InChI=1S/C17H16O3S/c1-11-10-15(12(2)21-11)16(18)9-6-13-4-7-14(8-5-13)17(19)20-3/h4-10H,1-3H3. The molecule has 2 aromatic rings. The van der Waals surface area contributed by atoms with Crippen LogP contribution < -0.4 is 0 Å². The van der Waals surface area contributed by atoms with E-state index in [0.717, 1.165) is 20.9 Å². The predicted octanol–water partition coefficient (Wildman–Crippen LogP) is 4.05. The smallest absolute Gasteiger partial charge is 0.337 e. The van der Waals surface area contributed by atoms with Gasteiger partial charge in [-0.1, -0.05) is 18.2 Å². The summed E-state index contributed by atoms with van der Waals surface area (Å²) >= 11 is 1.62. The van der Waals surface area contributed by atoms with E-state index in [1.165, 1.54) is 7.11 Å². The van der Waals surface area contributed by atoms with Gasteiger partial charge in [0.15, 0.2) is 5.78 Å². The predicted molar refractivity (Wildman–Crippen MR) is 84.9 cm³/mol. The van der Waals surface area contributed by atoms with Crippen molar-refractivity contribution in [2.45, 2.75) is 13.8 Å². The second-order valence-corrected chi connectivity index (χ2v) is 6.10. The van der Waals surface area contributed by atoms with Gasteiger partial charge in [-0.05, 0) is 43.7 Å². The molecule has 1 aromatic heterocycles. The highest BCUT2D eigenvalue weighted by molar-refractivity contribution is 7.12. The average molecular weight is 300 g/mol. The number of methoxy groups -OCH3 is 1. The molecule has 0 unspecified atom stereocenters. The van der Waals surface area contributed by atoms with Gasteiger partial charge in [0, 0.05) is 15.3 Å². The molecule has 0 spiro atoms. The summed E-state index contributed by atoms with van der Waals surface area (Å²) < 4.78 is 4.64. The van der Waals surface area contributed by atoms with E-state index in [-0.39, 0.29) is 11.8 Å². The second-order valence-electron chi connectivity index (χ2n) is 4.64. The van der Waals surface area contributed by atoms with E-state index in [9.17, 15) is 9.59 Å². The fraction of sp³-hybridized carbons (Fsp3) is 0.176. The van der Waals surface area contributed by atoms with Gasteiger partial charge in [0.05, 0.1) is 12.7 Å². The number of aryl methyl sites for hydroxylation is 2. The number of allylic oxidation sites excluding steroid dienone is 1. The van der Waals surface area contributed by atoms with E-state index in [2.05, 4.69) is 4.74 Å². The van der Waals surface area contributed by atoms with Gasteiger partial charge in [0.2, 0.25) is 0 Å². The zero-order valence-electron chi connectivity index (χ0n) is 12.2. The first-order chi connectivity index (χ1) is 10.0. The van der Waals surface area contributed by atoms with Crippen LogP contribution in [0, 0.1) is 13.8 Å². The molecule has 0 aliphatic carbocycles. The SMILES string of the molecule is COC(=O)c1ccc(C=CC(=O)c2cc(C)sc2C)cc1. The topological polar surface area (TPSA) is 43.4 Å². The Balaban J connectivity index is 2.12. The summed E-state index contributed by atoms with van der Waals surface area (Å²) in [5.41, 5.74) is 2.10. The van der Waals surface area contributed by atoms with E-state index in [1.54, 1.807) is 47.8 Å². The minimum absolute atomic E-state index is 0.00565. The van der Waals surface area contributed by atoms with Crippen LogP contribution in [-0.4, -0.2) is 18.9 Å². The maximum atomic E-state index is 12.1. The molecule has 0 radical (unpaired) electrons. The summed E-state index contributed by atoms with van der Waals surface area (Å²) in [5, 5.41) is 0. The van der Waals surface area contributed by atoms with E-state index in [0.29, 0.717) is 5.56 Å². The Labute approximate surface area is 127 Å². The number of benzene rings is 1. The molecule has 0 saturated heterocycles. The van der Waals surface area contributed by atoms with Gasteiger partial charge in [-0.3, -0.25) is 4.79 Å². The van der Waals surface area contributed by atoms with Crippen molar-refractivity contribution < 1.29 is 14.3 Å². The van der Waals surface area contributed by atoms with Crippen LogP contribution >= 0.6 is 11.3 Å². The number of rotatable bonds is 4. The summed E-state index contributed by atoms with van der Waals surface area (Å²) in [6.07, 6.45) is 3.30. The van der Waals surface area contributed by atoms with Gasteiger partial charge in [-0.15, -0.1) is 11.3 Å². The normalized spacial score (nSPS) is 10.8. The van der Waals surface area contributed by atoms with Gasteiger partial charge in [-0.25, -0.2) is 4.79 Å². The maximum Gasteiger partial charge on any atom is 0.337 e. The summed E-state index contributed by atoms with van der Waals surface area (Å²) in [7, 11) is 1.35. The third kappa shape index (κ3) is 3.67. The van der Waals surface area contributed by atoms with Gasteiger partial charge >= 0.3 is 5.97 Å². The Morgan fingerprint density at radius 1 is 1.14 bits per heavy atom. The number of hydrogen-bond acceptors (Lipinski definition) is 4. The minimum Gasteiger partial charge on any atom is -0.465 e. The van der Waals surface area contributed by atoms with Crippen LogP contribution in [0.3, 0.4) is 0 Å². The first-order valence-corrected chi connectivity index (χ1v) is 7.30. The monoisotopic (exact) mass is 300 g/mol. The Kier molecular flexibility index (Phi) is 4.70. The Bertz CT molecular complexity index is 693. The Morgan fingerprint density at radius 2 is 1.81 bits per heavy atom. The Hall–Kier alpha value is -2.20. The summed E-state index contributed by atoms with van der Waals surface area (Å²) in [4.78, 5) is 25.6. The molecule has 21 heavy (non-hydrogen) atoms. The highest BCUT2D eigenvalue weighted by Gasteiger charge is 2.09. The van der Waals surface area contributed by atoms with Crippen LogP contribution in [0.25, 0.3) is 6.08 Å². The number of hydrogen-bond donors (Lipinski definition) is 0. The number of esters is 1. The van der Waals surface area contributed by atoms with E-state index in [4.69, 9.17) is 0 Å². The molecule has 4 heteroatoms. The molecule has 2 rings (SSSR count). The molecule has 0 amide bonds. The largest absolute Gasteiger partial charge is 0.465 e. The van der Waals surface area contributed by atoms with Crippen molar-refractivity contribution in [1.82, 2.24) is 0 Å². The van der Waals surface area contributed by atoms with E-state index >= 15 is 0 Å².